The summed E-state index contributed by atoms with van der Waals surface area (Å²) in [5.41, 5.74) is 1.44. The summed E-state index contributed by atoms with van der Waals surface area (Å²) in [5, 5.41) is 0. The van der Waals surface area contributed by atoms with Crippen molar-refractivity contribution in [2.45, 2.75) is 0 Å². The van der Waals surface area contributed by atoms with Gasteiger partial charge in [-0.3, -0.25) is 9.80 Å². The van der Waals surface area contributed by atoms with Crippen LogP contribution in [0.1, 0.15) is 5.69 Å². The Kier molecular flexibility index (Phi) is 1.42. The molecule has 2 amide bonds. The summed E-state index contributed by atoms with van der Waals surface area (Å²) in [5.74, 6) is 0.633. The van der Waals surface area contributed by atoms with E-state index in [4.69, 9.17) is 0 Å². The van der Waals surface area contributed by atoms with E-state index < -0.39 is 0 Å². The van der Waals surface area contributed by atoms with E-state index in [0.29, 0.717) is 11.5 Å². The van der Waals surface area contributed by atoms with Gasteiger partial charge in [-0.15, -0.1) is 0 Å². The normalized spacial score (nSPS) is 16.5. The van der Waals surface area contributed by atoms with Crippen LogP contribution in [0.2, 0.25) is 0 Å². The number of imidazole rings is 1. The van der Waals surface area contributed by atoms with E-state index in [1.165, 1.54) is 9.80 Å². The molecule has 13 heavy (non-hydrogen) atoms. The maximum Gasteiger partial charge on any atom is 0.329 e. The molecule has 0 unspecified atom stereocenters. The number of urea groups is 1. The molecule has 0 atom stereocenters. The minimum absolute atomic E-state index is 0.121. The highest BCUT2D eigenvalue weighted by Gasteiger charge is 2.30. The number of aromatic nitrogens is 2. The van der Waals surface area contributed by atoms with Crippen LogP contribution in [0.15, 0.2) is 12.9 Å². The number of hydrogen-bond donors (Lipinski definition) is 1. The van der Waals surface area contributed by atoms with Gasteiger partial charge in [-0.05, 0) is 0 Å². The largest absolute Gasteiger partial charge is 0.342 e. The van der Waals surface area contributed by atoms with E-state index >= 15 is 0 Å². The second-order valence-corrected chi connectivity index (χ2v) is 2.95. The topological polar surface area (TPSA) is 52.2 Å². The van der Waals surface area contributed by atoms with Crippen molar-refractivity contribution in [1.82, 2.24) is 14.9 Å². The Morgan fingerprint density at radius 3 is 2.85 bits per heavy atom. The fourth-order valence-electron chi connectivity index (χ4n) is 1.35. The zero-order chi connectivity index (χ0) is 9.59. The predicted molar refractivity (Wildman–Crippen MR) is 49.2 cm³/mol. The Morgan fingerprint density at radius 1 is 1.46 bits per heavy atom. The van der Waals surface area contributed by atoms with Gasteiger partial charge in [0.1, 0.15) is 5.69 Å². The maximum atomic E-state index is 11.5. The minimum Gasteiger partial charge on any atom is -0.342 e. The Balaban J connectivity index is 2.59. The molecule has 0 spiro atoms. The number of hydrogen-bond acceptors (Lipinski definition) is 2. The van der Waals surface area contributed by atoms with Crippen molar-refractivity contribution in [3.8, 4) is 0 Å². The van der Waals surface area contributed by atoms with E-state index in [-0.39, 0.29) is 6.03 Å². The van der Waals surface area contributed by atoms with Gasteiger partial charge in [-0.1, -0.05) is 6.58 Å². The van der Waals surface area contributed by atoms with Crippen molar-refractivity contribution in [2.24, 2.45) is 0 Å². The van der Waals surface area contributed by atoms with Crippen LogP contribution in [0, 0.1) is 0 Å². The number of H-pyrrole nitrogens is 1. The Bertz CT molecular complexity index is 381. The molecule has 2 heterocycles. The average molecular weight is 178 g/mol. The van der Waals surface area contributed by atoms with Crippen molar-refractivity contribution >= 4 is 17.5 Å². The molecular formula is C8H10N4O. The molecule has 1 aromatic heterocycles. The second kappa shape index (κ2) is 2.35. The van der Waals surface area contributed by atoms with Crippen LogP contribution in [-0.4, -0.2) is 35.0 Å². The molecule has 5 nitrogen and oxygen atoms in total. The summed E-state index contributed by atoms with van der Waals surface area (Å²) in [6, 6.07) is -0.121. The summed E-state index contributed by atoms with van der Waals surface area (Å²) >= 11 is 0. The molecule has 0 aliphatic carbocycles. The monoisotopic (exact) mass is 178 g/mol. The van der Waals surface area contributed by atoms with E-state index in [9.17, 15) is 4.79 Å². The summed E-state index contributed by atoms with van der Waals surface area (Å²) in [7, 11) is 3.37. The number of fused-ring (bicyclic) bond motifs is 1. The maximum absolute atomic E-state index is 11.5. The molecule has 1 aromatic rings. The van der Waals surface area contributed by atoms with Crippen molar-refractivity contribution in [3.05, 3.63) is 18.6 Å². The van der Waals surface area contributed by atoms with Gasteiger partial charge in [0, 0.05) is 14.1 Å². The van der Waals surface area contributed by atoms with E-state index in [2.05, 4.69) is 16.5 Å². The first kappa shape index (κ1) is 7.85. The minimum atomic E-state index is -0.121. The molecule has 2 rings (SSSR count). The Labute approximate surface area is 75.7 Å². The molecule has 0 bridgehead atoms. The van der Waals surface area contributed by atoms with Crippen LogP contribution in [0.25, 0.3) is 5.70 Å². The molecule has 0 aromatic carbocycles. The third kappa shape index (κ3) is 0.867. The molecule has 1 N–H and O–H groups in total. The lowest BCUT2D eigenvalue weighted by Gasteiger charge is -2.30. The van der Waals surface area contributed by atoms with Crippen LogP contribution in [0.4, 0.5) is 10.6 Å². The number of carbonyl (C=O) groups excluding carboxylic acids is 1. The van der Waals surface area contributed by atoms with Gasteiger partial charge in [0.15, 0.2) is 5.82 Å². The Morgan fingerprint density at radius 2 is 2.15 bits per heavy atom. The first-order valence-electron chi connectivity index (χ1n) is 3.87. The summed E-state index contributed by atoms with van der Waals surface area (Å²) in [6.45, 7) is 3.80. The molecule has 68 valence electrons. The van der Waals surface area contributed by atoms with Crippen LogP contribution < -0.4 is 4.90 Å². The lowest BCUT2D eigenvalue weighted by atomic mass is 10.2. The standard InChI is InChI=1S/C8H10N4O/c1-5-6-7(10-4-9-6)12(3)8(13)11(5)2/h4H,1H2,2-3H3,(H,9,10). The fraction of sp³-hybridized carbons (Fsp3) is 0.250. The number of aromatic amines is 1. The number of nitrogens with one attached hydrogen (secondary N) is 1. The lowest BCUT2D eigenvalue weighted by Crippen LogP contribution is -2.41. The van der Waals surface area contributed by atoms with Gasteiger partial charge in [-0.25, -0.2) is 9.78 Å². The summed E-state index contributed by atoms with van der Waals surface area (Å²) in [6.07, 6.45) is 1.55. The van der Waals surface area contributed by atoms with Crippen LogP contribution in [-0.2, 0) is 0 Å². The smallest absolute Gasteiger partial charge is 0.329 e. The summed E-state index contributed by atoms with van der Waals surface area (Å²) < 4.78 is 0. The molecule has 5 heteroatoms. The van der Waals surface area contributed by atoms with Gasteiger partial charge in [0.25, 0.3) is 0 Å². The number of anilines is 1. The molecule has 0 radical (unpaired) electrons. The SMILES string of the molecule is C=C1c2[nH]cnc2N(C)C(=O)N1C. The number of nitrogens with zero attached hydrogens (tertiary/aromatic N) is 3. The average Bonchev–Trinajstić information content (AvgIpc) is 2.59. The van der Waals surface area contributed by atoms with E-state index in [0.717, 1.165) is 5.69 Å². The van der Waals surface area contributed by atoms with E-state index in [1.807, 2.05) is 0 Å². The highest BCUT2D eigenvalue weighted by molar-refractivity contribution is 6.01. The first-order valence-corrected chi connectivity index (χ1v) is 3.87. The lowest BCUT2D eigenvalue weighted by molar-refractivity contribution is 0.230. The zero-order valence-corrected chi connectivity index (χ0v) is 7.53. The number of amides is 2. The van der Waals surface area contributed by atoms with Crippen LogP contribution in [0.3, 0.4) is 0 Å². The highest BCUT2D eigenvalue weighted by Crippen LogP contribution is 2.29. The quantitative estimate of drug-likeness (QED) is 0.641. The van der Waals surface area contributed by atoms with Gasteiger partial charge in [-0.2, -0.15) is 0 Å². The van der Waals surface area contributed by atoms with Gasteiger partial charge in [0.05, 0.1) is 12.0 Å². The third-order valence-electron chi connectivity index (χ3n) is 2.20. The second-order valence-electron chi connectivity index (χ2n) is 2.95. The molecule has 1 aliphatic rings. The van der Waals surface area contributed by atoms with Crippen LogP contribution in [0.5, 0.6) is 0 Å². The Hall–Kier alpha value is -1.78. The van der Waals surface area contributed by atoms with Crippen molar-refractivity contribution in [3.63, 3.8) is 0 Å². The fourth-order valence-corrected chi connectivity index (χ4v) is 1.35. The number of carbonyl (C=O) groups is 1. The zero-order valence-electron chi connectivity index (χ0n) is 7.53. The third-order valence-corrected chi connectivity index (χ3v) is 2.20. The van der Waals surface area contributed by atoms with Crippen molar-refractivity contribution < 1.29 is 4.79 Å². The molecule has 1 aliphatic heterocycles. The highest BCUT2D eigenvalue weighted by atomic mass is 16.2. The van der Waals surface area contributed by atoms with Gasteiger partial charge >= 0.3 is 6.03 Å². The van der Waals surface area contributed by atoms with Crippen molar-refractivity contribution in [1.29, 1.82) is 0 Å². The predicted octanol–water partition coefficient (Wildman–Crippen LogP) is 0.882. The van der Waals surface area contributed by atoms with Crippen molar-refractivity contribution in [2.75, 3.05) is 19.0 Å². The molecule has 0 fully saturated rings. The van der Waals surface area contributed by atoms with Crippen LogP contribution >= 0.6 is 0 Å². The summed E-state index contributed by atoms with van der Waals surface area (Å²) in [4.78, 5) is 21.5. The molecular weight excluding hydrogens is 168 g/mol. The van der Waals surface area contributed by atoms with Gasteiger partial charge < -0.3 is 4.98 Å². The van der Waals surface area contributed by atoms with E-state index in [1.54, 1.807) is 20.4 Å². The molecule has 0 saturated heterocycles. The number of rotatable bonds is 0. The molecule has 0 saturated carbocycles. The van der Waals surface area contributed by atoms with Gasteiger partial charge in [0.2, 0.25) is 0 Å². The first-order chi connectivity index (χ1) is 6.13.